The molecule has 206 valence electrons. The Morgan fingerprint density at radius 1 is 1.00 bits per heavy atom. The molecule has 2 aromatic carbocycles. The third kappa shape index (κ3) is 7.17. The van der Waals surface area contributed by atoms with Crippen molar-refractivity contribution in [2.45, 2.75) is 58.6 Å². The van der Waals surface area contributed by atoms with E-state index in [-0.39, 0.29) is 18.0 Å². The summed E-state index contributed by atoms with van der Waals surface area (Å²) >= 11 is 1.35. The number of carbonyl (C=O) groups is 3. The van der Waals surface area contributed by atoms with Crippen molar-refractivity contribution in [1.29, 1.82) is 0 Å². The zero-order valence-corrected chi connectivity index (χ0v) is 23.7. The van der Waals surface area contributed by atoms with E-state index in [1.54, 1.807) is 17.0 Å². The van der Waals surface area contributed by atoms with Crippen LogP contribution in [0, 0.1) is 0 Å². The van der Waals surface area contributed by atoms with Gasteiger partial charge in [-0.25, -0.2) is 9.59 Å². The van der Waals surface area contributed by atoms with E-state index in [9.17, 15) is 14.4 Å². The first-order valence-electron chi connectivity index (χ1n) is 13.0. The Balaban J connectivity index is 1.31. The smallest absolute Gasteiger partial charge is 0.410 e. The quantitative estimate of drug-likeness (QED) is 0.358. The zero-order chi connectivity index (χ0) is 28.2. The van der Waals surface area contributed by atoms with Crippen molar-refractivity contribution in [2.75, 3.05) is 24.7 Å². The van der Waals surface area contributed by atoms with Crippen LogP contribution in [0.25, 0.3) is 0 Å². The first-order valence-corrected chi connectivity index (χ1v) is 13.8. The van der Waals surface area contributed by atoms with Crippen LogP contribution in [0.5, 0.6) is 0 Å². The fraction of sp³-hybridized carbons (Fsp3) is 0.367. The standard InChI is InChI=1S/C30H35N3O5S/c1-30(2,3)38-29(36)33-17-16-23-24(18-33)39-26(31)25(23)27(34)32-22-14-10-20(11-15-22)7-5-6-19-8-12-21(13-9-19)28(35)37-4/h8-15H,5-7,16-18,31H2,1-4H3,(H,32,34). The number of nitrogens with zero attached hydrogens (tertiary/aromatic N) is 1. The van der Waals surface area contributed by atoms with E-state index in [0.29, 0.717) is 41.3 Å². The molecule has 0 saturated heterocycles. The summed E-state index contributed by atoms with van der Waals surface area (Å²) < 4.78 is 10.2. The summed E-state index contributed by atoms with van der Waals surface area (Å²) in [5.41, 5.74) is 10.7. The maximum Gasteiger partial charge on any atom is 0.410 e. The molecule has 0 bridgehead atoms. The van der Waals surface area contributed by atoms with Gasteiger partial charge in [-0.15, -0.1) is 11.3 Å². The molecule has 8 nitrogen and oxygen atoms in total. The second-order valence-electron chi connectivity index (χ2n) is 10.6. The number of amides is 2. The number of aryl methyl sites for hydroxylation is 2. The number of rotatable bonds is 7. The van der Waals surface area contributed by atoms with E-state index >= 15 is 0 Å². The topological polar surface area (TPSA) is 111 Å². The third-order valence-corrected chi connectivity index (χ3v) is 7.53. The number of nitrogens with two attached hydrogens (primary N) is 1. The summed E-state index contributed by atoms with van der Waals surface area (Å²) in [5, 5.41) is 3.43. The van der Waals surface area contributed by atoms with Crippen LogP contribution in [0.4, 0.5) is 15.5 Å². The van der Waals surface area contributed by atoms with Gasteiger partial charge in [0.2, 0.25) is 0 Å². The van der Waals surface area contributed by atoms with Gasteiger partial charge in [0, 0.05) is 17.1 Å². The van der Waals surface area contributed by atoms with Crippen molar-refractivity contribution in [3.63, 3.8) is 0 Å². The summed E-state index contributed by atoms with van der Waals surface area (Å²) in [6.45, 7) is 6.38. The van der Waals surface area contributed by atoms with Crippen LogP contribution < -0.4 is 11.1 Å². The molecular formula is C30H35N3O5S. The molecule has 1 aliphatic rings. The molecule has 0 fully saturated rings. The number of hydrogen-bond donors (Lipinski definition) is 2. The third-order valence-electron chi connectivity index (χ3n) is 6.48. The van der Waals surface area contributed by atoms with E-state index in [1.807, 2.05) is 57.2 Å². The van der Waals surface area contributed by atoms with Crippen molar-refractivity contribution < 1.29 is 23.9 Å². The highest BCUT2D eigenvalue weighted by Crippen LogP contribution is 2.36. The van der Waals surface area contributed by atoms with E-state index < -0.39 is 5.60 Å². The minimum absolute atomic E-state index is 0.237. The number of nitrogen functional groups attached to an aromatic ring is 1. The summed E-state index contributed by atoms with van der Waals surface area (Å²) in [4.78, 5) is 39.8. The molecule has 39 heavy (non-hydrogen) atoms. The summed E-state index contributed by atoms with van der Waals surface area (Å²) in [5.74, 6) is -0.570. The number of carbonyl (C=O) groups excluding carboxylic acids is 3. The minimum atomic E-state index is -0.564. The van der Waals surface area contributed by atoms with Gasteiger partial charge in [0.1, 0.15) is 5.60 Å². The summed E-state index contributed by atoms with van der Waals surface area (Å²) in [6.07, 6.45) is 2.94. The molecule has 0 atom stereocenters. The van der Waals surface area contributed by atoms with Gasteiger partial charge >= 0.3 is 12.1 Å². The predicted octanol–water partition coefficient (Wildman–Crippen LogP) is 5.84. The lowest BCUT2D eigenvalue weighted by Gasteiger charge is -2.30. The number of methoxy groups -OCH3 is 1. The number of benzene rings is 2. The highest BCUT2D eigenvalue weighted by atomic mass is 32.1. The Kier molecular flexibility index (Phi) is 8.60. The SMILES string of the molecule is COC(=O)c1ccc(CCCc2ccc(NC(=O)c3c(N)sc4c3CCN(C(=O)OC(C)(C)C)C4)cc2)cc1. The molecule has 1 aromatic heterocycles. The first-order chi connectivity index (χ1) is 18.5. The predicted molar refractivity (Wildman–Crippen MR) is 153 cm³/mol. The van der Waals surface area contributed by atoms with Crippen molar-refractivity contribution in [2.24, 2.45) is 0 Å². The monoisotopic (exact) mass is 549 g/mol. The fourth-order valence-corrected chi connectivity index (χ4v) is 5.66. The first kappa shape index (κ1) is 28.2. The van der Waals surface area contributed by atoms with Crippen LogP contribution in [0.2, 0.25) is 0 Å². The number of anilines is 2. The Morgan fingerprint density at radius 2 is 1.62 bits per heavy atom. The Hall–Kier alpha value is -3.85. The van der Waals surface area contributed by atoms with Gasteiger partial charge in [-0.05, 0) is 87.4 Å². The van der Waals surface area contributed by atoms with E-state index in [4.69, 9.17) is 15.2 Å². The van der Waals surface area contributed by atoms with Gasteiger partial charge in [-0.1, -0.05) is 24.3 Å². The highest BCUT2D eigenvalue weighted by Gasteiger charge is 2.31. The highest BCUT2D eigenvalue weighted by molar-refractivity contribution is 7.16. The molecule has 0 saturated carbocycles. The van der Waals surface area contributed by atoms with Crippen LogP contribution in [-0.2, 0) is 35.3 Å². The molecule has 0 unspecified atom stereocenters. The maximum atomic E-state index is 13.2. The average Bonchev–Trinajstić information content (AvgIpc) is 3.23. The zero-order valence-electron chi connectivity index (χ0n) is 22.8. The lowest BCUT2D eigenvalue weighted by atomic mass is 10.0. The summed E-state index contributed by atoms with van der Waals surface area (Å²) in [7, 11) is 1.38. The Morgan fingerprint density at radius 3 is 2.21 bits per heavy atom. The molecule has 3 N–H and O–H groups in total. The molecule has 1 aliphatic heterocycles. The molecule has 2 heterocycles. The van der Waals surface area contributed by atoms with Crippen molar-refractivity contribution in [3.8, 4) is 0 Å². The van der Waals surface area contributed by atoms with Crippen molar-refractivity contribution >= 4 is 40.0 Å². The van der Waals surface area contributed by atoms with Crippen molar-refractivity contribution in [3.05, 3.63) is 81.2 Å². The van der Waals surface area contributed by atoms with Gasteiger partial charge in [0.05, 0.1) is 29.8 Å². The molecule has 0 aliphatic carbocycles. The average molecular weight is 550 g/mol. The van der Waals surface area contributed by atoms with Gasteiger partial charge in [0.25, 0.3) is 5.91 Å². The molecule has 2 amide bonds. The lowest BCUT2D eigenvalue weighted by Crippen LogP contribution is -2.39. The van der Waals surface area contributed by atoms with Gasteiger partial charge in [0.15, 0.2) is 0 Å². The normalized spacial score (nSPS) is 13.0. The molecule has 0 radical (unpaired) electrons. The minimum Gasteiger partial charge on any atom is -0.465 e. The van der Waals surface area contributed by atoms with E-state index in [0.717, 1.165) is 35.3 Å². The number of esters is 1. The number of ether oxygens (including phenoxy) is 2. The van der Waals surface area contributed by atoms with Gasteiger partial charge in [-0.2, -0.15) is 0 Å². The second-order valence-corrected chi connectivity index (χ2v) is 11.7. The number of fused-ring (bicyclic) bond motifs is 1. The molecule has 3 aromatic rings. The van der Waals surface area contributed by atoms with Crippen LogP contribution >= 0.6 is 11.3 Å². The van der Waals surface area contributed by atoms with Crippen LogP contribution in [-0.4, -0.2) is 42.1 Å². The number of nitrogens with one attached hydrogen (secondary N) is 1. The Bertz CT molecular complexity index is 1340. The van der Waals surface area contributed by atoms with Crippen LogP contribution in [0.1, 0.15) is 69.5 Å². The number of thiophene rings is 1. The maximum absolute atomic E-state index is 13.2. The fourth-order valence-electron chi connectivity index (χ4n) is 4.53. The summed E-state index contributed by atoms with van der Waals surface area (Å²) in [6, 6.07) is 15.3. The molecular weight excluding hydrogens is 514 g/mol. The van der Waals surface area contributed by atoms with Gasteiger partial charge < -0.3 is 25.4 Å². The van der Waals surface area contributed by atoms with Crippen molar-refractivity contribution in [1.82, 2.24) is 4.90 Å². The van der Waals surface area contributed by atoms with Gasteiger partial charge in [-0.3, -0.25) is 4.79 Å². The largest absolute Gasteiger partial charge is 0.465 e. The van der Waals surface area contributed by atoms with E-state index in [2.05, 4.69) is 5.32 Å². The molecule has 4 rings (SSSR count). The second kappa shape index (κ2) is 11.9. The molecule has 0 spiro atoms. The molecule has 9 heteroatoms. The lowest BCUT2D eigenvalue weighted by molar-refractivity contribution is 0.0226. The Labute approximate surface area is 233 Å². The van der Waals surface area contributed by atoms with E-state index in [1.165, 1.54) is 24.0 Å². The van der Waals surface area contributed by atoms with Crippen LogP contribution in [0.3, 0.4) is 0 Å². The number of hydrogen-bond acceptors (Lipinski definition) is 7. The van der Waals surface area contributed by atoms with Crippen LogP contribution in [0.15, 0.2) is 48.5 Å².